The third-order valence-electron chi connectivity index (χ3n) is 9.67. The minimum absolute atomic E-state index is 0.0453. The van der Waals surface area contributed by atoms with Crippen molar-refractivity contribution in [2.24, 2.45) is 34.5 Å². The largest absolute Gasteiger partial charge is 0.393 e. The van der Waals surface area contributed by atoms with E-state index in [2.05, 4.69) is 38.8 Å². The standard InChI is InChI=1S/C23H37NO/c1-6-23(24(4)5)14-12-18-17-11-10-16-9-7-8-13-21(16,2)20(17)19(25)15-22(18,23)3/h1,16-20,25H,7-15H2,2-5H3/t16?,17-,18-,19?,20-,21-,22-,23?/m0/s1. The third-order valence-corrected chi connectivity index (χ3v) is 9.67. The highest BCUT2D eigenvalue weighted by Gasteiger charge is 2.67. The molecule has 25 heavy (non-hydrogen) atoms. The lowest BCUT2D eigenvalue weighted by atomic mass is 9.43. The fraction of sp³-hybridized carbons (Fsp3) is 0.913. The molecule has 0 saturated heterocycles. The number of terminal acetylenes is 1. The van der Waals surface area contributed by atoms with Crippen molar-refractivity contribution < 1.29 is 5.11 Å². The molecule has 0 spiro atoms. The monoisotopic (exact) mass is 343 g/mol. The van der Waals surface area contributed by atoms with E-state index in [1.54, 1.807) is 0 Å². The molecule has 2 heteroatoms. The smallest absolute Gasteiger partial charge is 0.0876 e. The highest BCUT2D eigenvalue weighted by molar-refractivity contribution is 5.28. The molecule has 4 rings (SSSR count). The van der Waals surface area contributed by atoms with Crippen LogP contribution in [0.2, 0.25) is 0 Å². The van der Waals surface area contributed by atoms with E-state index >= 15 is 0 Å². The van der Waals surface area contributed by atoms with E-state index in [4.69, 9.17) is 6.42 Å². The molecular formula is C23H37NO. The van der Waals surface area contributed by atoms with Crippen LogP contribution in [0, 0.1) is 46.8 Å². The van der Waals surface area contributed by atoms with Gasteiger partial charge >= 0.3 is 0 Å². The Morgan fingerprint density at radius 2 is 1.80 bits per heavy atom. The van der Waals surface area contributed by atoms with Gasteiger partial charge in [-0.15, -0.1) is 6.42 Å². The second kappa shape index (κ2) is 5.74. The van der Waals surface area contributed by atoms with Crippen LogP contribution in [0.4, 0.5) is 0 Å². The van der Waals surface area contributed by atoms with Gasteiger partial charge in [0, 0.05) is 5.41 Å². The first kappa shape index (κ1) is 17.9. The summed E-state index contributed by atoms with van der Waals surface area (Å²) in [7, 11) is 4.29. The maximum absolute atomic E-state index is 11.4. The van der Waals surface area contributed by atoms with Gasteiger partial charge in [0.15, 0.2) is 0 Å². The summed E-state index contributed by atoms with van der Waals surface area (Å²) in [6.45, 7) is 4.92. The number of nitrogens with zero attached hydrogens (tertiary/aromatic N) is 1. The summed E-state index contributed by atoms with van der Waals surface area (Å²) in [6.07, 6.45) is 17.3. The molecule has 8 atom stereocenters. The van der Waals surface area contributed by atoms with Crippen LogP contribution in [0.1, 0.15) is 71.6 Å². The quantitative estimate of drug-likeness (QED) is 0.717. The van der Waals surface area contributed by atoms with Crippen LogP contribution in [0.5, 0.6) is 0 Å². The Bertz CT molecular complexity index is 579. The highest BCUT2D eigenvalue weighted by atomic mass is 16.3. The summed E-state index contributed by atoms with van der Waals surface area (Å²) in [5.41, 5.74) is 0.221. The van der Waals surface area contributed by atoms with E-state index in [0.29, 0.717) is 23.2 Å². The number of rotatable bonds is 1. The van der Waals surface area contributed by atoms with Gasteiger partial charge in [-0.3, -0.25) is 4.90 Å². The summed E-state index contributed by atoms with van der Waals surface area (Å²) in [5.74, 6) is 5.90. The fourth-order valence-electron chi connectivity index (χ4n) is 8.53. The van der Waals surface area contributed by atoms with Crippen molar-refractivity contribution in [1.29, 1.82) is 0 Å². The molecule has 0 bridgehead atoms. The molecule has 0 heterocycles. The molecule has 0 aromatic carbocycles. The first-order valence-electron chi connectivity index (χ1n) is 10.6. The van der Waals surface area contributed by atoms with E-state index in [9.17, 15) is 5.11 Å². The Kier molecular flexibility index (Phi) is 4.10. The molecule has 0 amide bonds. The van der Waals surface area contributed by atoms with Crippen LogP contribution in [0.3, 0.4) is 0 Å². The molecule has 2 nitrogen and oxygen atoms in total. The molecule has 0 aliphatic heterocycles. The molecule has 0 aromatic heterocycles. The van der Waals surface area contributed by atoms with Crippen molar-refractivity contribution in [1.82, 2.24) is 4.90 Å². The van der Waals surface area contributed by atoms with Gasteiger partial charge in [-0.1, -0.05) is 32.6 Å². The molecule has 0 aromatic rings. The summed E-state index contributed by atoms with van der Waals surface area (Å²) < 4.78 is 0. The molecule has 0 radical (unpaired) electrons. The van der Waals surface area contributed by atoms with Crippen LogP contribution in [0.15, 0.2) is 0 Å². The first-order chi connectivity index (χ1) is 11.8. The van der Waals surface area contributed by atoms with Gasteiger partial charge in [-0.05, 0) is 88.1 Å². The summed E-state index contributed by atoms with van der Waals surface area (Å²) >= 11 is 0. The molecule has 4 fully saturated rings. The molecular weight excluding hydrogens is 306 g/mol. The second-order valence-corrected chi connectivity index (χ2v) is 10.4. The molecule has 1 N–H and O–H groups in total. The minimum Gasteiger partial charge on any atom is -0.393 e. The second-order valence-electron chi connectivity index (χ2n) is 10.4. The van der Waals surface area contributed by atoms with Gasteiger partial charge < -0.3 is 5.11 Å². The molecule has 4 aliphatic rings. The normalized spacial score (nSPS) is 55.2. The number of hydrogen-bond donors (Lipinski definition) is 1. The predicted octanol–water partition coefficient (Wildman–Crippen LogP) is 4.32. The summed E-state index contributed by atoms with van der Waals surface area (Å²) in [4.78, 5) is 2.29. The van der Waals surface area contributed by atoms with E-state index in [0.717, 1.165) is 18.8 Å². The number of aliphatic hydroxyl groups is 1. The van der Waals surface area contributed by atoms with Gasteiger partial charge in [0.25, 0.3) is 0 Å². The van der Waals surface area contributed by atoms with Crippen LogP contribution < -0.4 is 0 Å². The van der Waals surface area contributed by atoms with Crippen LogP contribution in [-0.2, 0) is 0 Å². The van der Waals surface area contributed by atoms with Gasteiger partial charge in [-0.25, -0.2) is 0 Å². The van der Waals surface area contributed by atoms with Crippen LogP contribution in [-0.4, -0.2) is 35.7 Å². The van der Waals surface area contributed by atoms with Gasteiger partial charge in [-0.2, -0.15) is 0 Å². The zero-order valence-corrected chi connectivity index (χ0v) is 16.7. The zero-order valence-electron chi connectivity index (χ0n) is 16.7. The van der Waals surface area contributed by atoms with E-state index in [1.807, 2.05) is 0 Å². The Labute approximate surface area is 154 Å². The molecule has 4 saturated carbocycles. The summed E-state index contributed by atoms with van der Waals surface area (Å²) in [5, 5.41) is 11.4. The van der Waals surface area contributed by atoms with Gasteiger partial charge in [0.05, 0.1) is 11.6 Å². The number of aliphatic hydroxyl groups excluding tert-OH is 1. The third kappa shape index (κ3) is 2.12. The average molecular weight is 344 g/mol. The van der Waals surface area contributed by atoms with Gasteiger partial charge in [0.2, 0.25) is 0 Å². The predicted molar refractivity (Wildman–Crippen MR) is 103 cm³/mol. The Balaban J connectivity index is 1.73. The van der Waals surface area contributed by atoms with Gasteiger partial charge in [0.1, 0.15) is 0 Å². The molecule has 140 valence electrons. The van der Waals surface area contributed by atoms with E-state index in [-0.39, 0.29) is 17.1 Å². The van der Waals surface area contributed by atoms with Crippen molar-refractivity contribution >= 4 is 0 Å². The van der Waals surface area contributed by atoms with Crippen molar-refractivity contribution in [3.05, 3.63) is 0 Å². The zero-order chi connectivity index (χ0) is 18.0. The van der Waals surface area contributed by atoms with E-state index < -0.39 is 0 Å². The van der Waals surface area contributed by atoms with Crippen molar-refractivity contribution in [2.45, 2.75) is 83.3 Å². The summed E-state index contributed by atoms with van der Waals surface area (Å²) in [6, 6.07) is 0. The lowest BCUT2D eigenvalue weighted by molar-refractivity contribution is -0.175. The topological polar surface area (TPSA) is 23.5 Å². The number of hydrogen-bond acceptors (Lipinski definition) is 2. The SMILES string of the molecule is C#CC1(N(C)C)CC[C@H]2[C@@H]3CCC4CCCC[C@]4(C)[C@@H]3C(O)C[C@@]21C. The van der Waals surface area contributed by atoms with Crippen molar-refractivity contribution in [2.75, 3.05) is 14.1 Å². The molecule has 4 aliphatic carbocycles. The van der Waals surface area contributed by atoms with Crippen LogP contribution in [0.25, 0.3) is 0 Å². The average Bonchev–Trinajstić information content (AvgIpc) is 2.86. The maximum atomic E-state index is 11.4. The highest BCUT2D eigenvalue weighted by Crippen LogP contribution is 2.68. The Morgan fingerprint density at radius 1 is 1.04 bits per heavy atom. The van der Waals surface area contributed by atoms with Crippen molar-refractivity contribution in [3.8, 4) is 12.3 Å². The Hall–Kier alpha value is -0.520. The minimum atomic E-state index is -0.187. The lowest BCUT2D eigenvalue weighted by Crippen LogP contribution is -2.63. The lowest BCUT2D eigenvalue weighted by Gasteiger charge is -2.63. The van der Waals surface area contributed by atoms with Crippen molar-refractivity contribution in [3.63, 3.8) is 0 Å². The Morgan fingerprint density at radius 3 is 2.48 bits per heavy atom. The number of fused-ring (bicyclic) bond motifs is 5. The first-order valence-corrected chi connectivity index (χ1v) is 10.6. The maximum Gasteiger partial charge on any atom is 0.0876 e. The van der Waals surface area contributed by atoms with E-state index in [1.165, 1.54) is 44.9 Å². The van der Waals surface area contributed by atoms with Crippen LogP contribution >= 0.6 is 0 Å². The fourth-order valence-corrected chi connectivity index (χ4v) is 8.53. The molecule has 3 unspecified atom stereocenters.